The van der Waals surface area contributed by atoms with Crippen molar-refractivity contribution in [2.24, 2.45) is 0 Å². The minimum absolute atomic E-state index is 0.136. The van der Waals surface area contributed by atoms with E-state index in [1.54, 1.807) is 18.1 Å². The normalized spacial score (nSPS) is 13.6. The first kappa shape index (κ1) is 26.7. The van der Waals surface area contributed by atoms with E-state index in [0.29, 0.717) is 43.8 Å². The summed E-state index contributed by atoms with van der Waals surface area (Å²) in [5, 5.41) is 6.22. The van der Waals surface area contributed by atoms with Gasteiger partial charge in [-0.2, -0.15) is 15.0 Å². The van der Waals surface area contributed by atoms with E-state index < -0.39 is 11.4 Å². The van der Waals surface area contributed by atoms with E-state index in [4.69, 9.17) is 14.2 Å². The van der Waals surface area contributed by atoms with Crippen LogP contribution in [0.25, 0.3) is 0 Å². The summed E-state index contributed by atoms with van der Waals surface area (Å²) in [6.07, 6.45) is -0.349. The highest BCUT2D eigenvalue weighted by atomic mass is 19.1. The molecule has 1 fully saturated rings. The summed E-state index contributed by atoms with van der Waals surface area (Å²) in [4.78, 5) is 29.7. The van der Waals surface area contributed by atoms with E-state index >= 15 is 0 Å². The number of hydrogen-bond donors (Lipinski definition) is 2. The maximum atomic E-state index is 14.3. The van der Waals surface area contributed by atoms with E-state index in [-0.39, 0.29) is 17.8 Å². The van der Waals surface area contributed by atoms with Crippen molar-refractivity contribution in [1.82, 2.24) is 19.9 Å². The number of nitrogens with one attached hydrogen (secondary N) is 2. The molecule has 1 aliphatic heterocycles. The van der Waals surface area contributed by atoms with Crippen LogP contribution >= 0.6 is 0 Å². The molecule has 0 bridgehead atoms. The van der Waals surface area contributed by atoms with Crippen molar-refractivity contribution in [3.05, 3.63) is 48.3 Å². The summed E-state index contributed by atoms with van der Waals surface area (Å²) in [5.41, 5.74) is 0.635. The standard InChI is InChI=1S/C26H32FN7O4/c1-26(2,3)38-25(35)34-14-12-33(13-15-34)24-31-22(28-17-6-9-19(36-4)10-7-17)30-23(32-24)29-18-8-11-21(37-5)20(27)16-18/h6-11,16H,12-15H2,1-5H3,(H2,28,29,30,31,32). The van der Waals surface area contributed by atoms with Crippen molar-refractivity contribution in [2.45, 2.75) is 26.4 Å². The maximum absolute atomic E-state index is 14.3. The summed E-state index contributed by atoms with van der Waals surface area (Å²) in [7, 11) is 3.01. The summed E-state index contributed by atoms with van der Waals surface area (Å²) in [6.45, 7) is 7.43. The molecule has 0 aliphatic carbocycles. The summed E-state index contributed by atoms with van der Waals surface area (Å²) in [6, 6.07) is 11.8. The fourth-order valence-corrected chi connectivity index (χ4v) is 3.71. The molecule has 0 saturated carbocycles. The van der Waals surface area contributed by atoms with Gasteiger partial charge in [-0.3, -0.25) is 0 Å². The van der Waals surface area contributed by atoms with Gasteiger partial charge in [-0.15, -0.1) is 0 Å². The second kappa shape index (κ2) is 11.4. The minimum Gasteiger partial charge on any atom is -0.497 e. The topological polar surface area (TPSA) is 114 Å². The molecule has 0 unspecified atom stereocenters. The van der Waals surface area contributed by atoms with Crippen molar-refractivity contribution in [2.75, 3.05) is 55.9 Å². The number of piperazine rings is 1. The second-order valence-corrected chi connectivity index (χ2v) is 9.56. The Balaban J connectivity index is 1.56. The van der Waals surface area contributed by atoms with Crippen molar-refractivity contribution in [3.63, 3.8) is 0 Å². The molecule has 2 heterocycles. The zero-order valence-corrected chi connectivity index (χ0v) is 22.1. The lowest BCUT2D eigenvalue weighted by atomic mass is 10.2. The summed E-state index contributed by atoms with van der Waals surface area (Å²) < 4.78 is 30.0. The largest absolute Gasteiger partial charge is 0.497 e. The first-order valence-electron chi connectivity index (χ1n) is 12.1. The molecule has 202 valence electrons. The molecule has 1 amide bonds. The molecular formula is C26H32FN7O4. The number of benzene rings is 2. The SMILES string of the molecule is COc1ccc(Nc2nc(Nc3ccc(OC)c(F)c3)nc(N3CCN(C(=O)OC(C)(C)C)CC3)n2)cc1. The third-order valence-electron chi connectivity index (χ3n) is 5.59. The van der Waals surface area contributed by atoms with E-state index in [1.165, 1.54) is 19.2 Å². The van der Waals surface area contributed by atoms with Gasteiger partial charge < -0.3 is 34.6 Å². The molecule has 0 atom stereocenters. The zero-order chi connectivity index (χ0) is 27.3. The molecule has 4 rings (SSSR count). The van der Waals surface area contributed by atoms with Crippen LogP contribution in [-0.2, 0) is 4.74 Å². The van der Waals surface area contributed by atoms with Gasteiger partial charge in [0.1, 0.15) is 11.4 Å². The van der Waals surface area contributed by atoms with Crippen LogP contribution in [0.5, 0.6) is 11.5 Å². The number of aromatic nitrogens is 3. The van der Waals surface area contributed by atoms with Gasteiger partial charge in [0, 0.05) is 43.6 Å². The number of rotatable bonds is 7. The number of carbonyl (C=O) groups is 1. The van der Waals surface area contributed by atoms with Gasteiger partial charge in [0.05, 0.1) is 14.2 Å². The van der Waals surface area contributed by atoms with Crippen molar-refractivity contribution >= 4 is 35.3 Å². The number of methoxy groups -OCH3 is 2. The Labute approximate surface area is 221 Å². The number of halogens is 1. The number of nitrogens with zero attached hydrogens (tertiary/aromatic N) is 5. The van der Waals surface area contributed by atoms with Crippen molar-refractivity contribution in [3.8, 4) is 11.5 Å². The van der Waals surface area contributed by atoms with E-state index in [9.17, 15) is 9.18 Å². The van der Waals surface area contributed by atoms with Gasteiger partial charge in [0.25, 0.3) is 0 Å². The Morgan fingerprint density at radius 3 is 2.03 bits per heavy atom. The molecule has 1 saturated heterocycles. The Morgan fingerprint density at radius 1 is 0.868 bits per heavy atom. The minimum atomic E-state index is -0.564. The third kappa shape index (κ3) is 6.90. The second-order valence-electron chi connectivity index (χ2n) is 9.56. The highest BCUT2D eigenvalue weighted by molar-refractivity contribution is 5.68. The summed E-state index contributed by atoms with van der Waals surface area (Å²) >= 11 is 0. The fourth-order valence-electron chi connectivity index (χ4n) is 3.71. The molecule has 38 heavy (non-hydrogen) atoms. The first-order chi connectivity index (χ1) is 18.1. The van der Waals surface area contributed by atoms with Gasteiger partial charge >= 0.3 is 6.09 Å². The van der Waals surface area contributed by atoms with Crippen molar-refractivity contribution < 1.29 is 23.4 Å². The monoisotopic (exact) mass is 525 g/mol. The van der Waals surface area contributed by atoms with Crippen LogP contribution in [0, 0.1) is 5.82 Å². The van der Waals surface area contributed by atoms with Crippen molar-refractivity contribution in [1.29, 1.82) is 0 Å². The van der Waals surface area contributed by atoms with Crippen LogP contribution in [0.4, 0.5) is 38.4 Å². The number of hydrogen-bond acceptors (Lipinski definition) is 10. The van der Waals surface area contributed by atoms with Gasteiger partial charge in [-0.25, -0.2) is 9.18 Å². The lowest BCUT2D eigenvalue weighted by molar-refractivity contribution is 0.0240. The highest BCUT2D eigenvalue weighted by Gasteiger charge is 2.27. The average molecular weight is 526 g/mol. The van der Waals surface area contributed by atoms with Crippen LogP contribution in [0.1, 0.15) is 20.8 Å². The fraction of sp³-hybridized carbons (Fsp3) is 0.385. The molecular weight excluding hydrogens is 493 g/mol. The van der Waals surface area contributed by atoms with Crippen LogP contribution in [-0.4, -0.2) is 71.9 Å². The molecule has 1 aliphatic rings. The highest BCUT2D eigenvalue weighted by Crippen LogP contribution is 2.25. The number of anilines is 5. The summed E-state index contributed by atoms with van der Waals surface area (Å²) in [5.74, 6) is 1.28. The van der Waals surface area contributed by atoms with Gasteiger partial charge in [-0.1, -0.05) is 0 Å². The molecule has 3 aromatic rings. The van der Waals surface area contributed by atoms with Crippen LogP contribution in [0.15, 0.2) is 42.5 Å². The zero-order valence-electron chi connectivity index (χ0n) is 22.1. The molecule has 1 aromatic heterocycles. The Hall–Kier alpha value is -4.35. The van der Waals surface area contributed by atoms with Crippen LogP contribution in [0.3, 0.4) is 0 Å². The molecule has 0 radical (unpaired) electrons. The van der Waals surface area contributed by atoms with Gasteiger partial charge in [0.15, 0.2) is 11.6 Å². The smallest absolute Gasteiger partial charge is 0.410 e. The quantitative estimate of drug-likeness (QED) is 0.455. The predicted octanol–water partition coefficient (Wildman–Crippen LogP) is 4.57. The first-order valence-corrected chi connectivity index (χ1v) is 12.1. The Bertz CT molecular complexity index is 1260. The Morgan fingerprint density at radius 2 is 1.47 bits per heavy atom. The third-order valence-corrected chi connectivity index (χ3v) is 5.59. The van der Waals surface area contributed by atoms with Gasteiger partial charge in [0.2, 0.25) is 17.8 Å². The number of amides is 1. The molecule has 11 nitrogen and oxygen atoms in total. The lowest BCUT2D eigenvalue weighted by Gasteiger charge is -2.35. The van der Waals surface area contributed by atoms with E-state index in [2.05, 4.69) is 25.6 Å². The van der Waals surface area contributed by atoms with Gasteiger partial charge in [-0.05, 0) is 57.2 Å². The number of ether oxygens (including phenoxy) is 3. The lowest BCUT2D eigenvalue weighted by Crippen LogP contribution is -2.50. The molecule has 2 aromatic carbocycles. The van der Waals surface area contributed by atoms with Crippen LogP contribution < -0.4 is 25.0 Å². The Kier molecular flexibility index (Phi) is 7.99. The maximum Gasteiger partial charge on any atom is 0.410 e. The molecule has 0 spiro atoms. The number of carbonyl (C=O) groups excluding carboxylic acids is 1. The predicted molar refractivity (Wildman–Crippen MR) is 142 cm³/mol. The van der Waals surface area contributed by atoms with E-state index in [1.807, 2.05) is 49.9 Å². The molecule has 12 heteroatoms. The van der Waals surface area contributed by atoms with E-state index in [0.717, 1.165) is 11.4 Å². The molecule has 2 N–H and O–H groups in total. The van der Waals surface area contributed by atoms with Crippen LogP contribution in [0.2, 0.25) is 0 Å². The average Bonchev–Trinajstić information content (AvgIpc) is 2.88.